The third-order valence-electron chi connectivity index (χ3n) is 3.61. The zero-order chi connectivity index (χ0) is 18.6. The maximum absolute atomic E-state index is 13.6. The Hall–Kier alpha value is -2.28. The van der Waals surface area contributed by atoms with Crippen LogP contribution >= 0.6 is 11.3 Å². The highest BCUT2D eigenvalue weighted by Crippen LogP contribution is 2.24. The van der Waals surface area contributed by atoms with Gasteiger partial charge in [-0.3, -0.25) is 4.79 Å². The standard InChI is InChI=1S/C18H19F2NO3S/c1-4-6-12-9-15(25-11(12)3)18(23)24-10(2)17(22)21-16-13(19)7-5-8-14(16)20/h5,7-10H,4,6H2,1-3H3,(H,21,22)/t10-/m1/s1. The van der Waals surface area contributed by atoms with Crippen LogP contribution in [0.5, 0.6) is 0 Å². The van der Waals surface area contributed by atoms with Crippen LogP contribution in [0.25, 0.3) is 0 Å². The lowest BCUT2D eigenvalue weighted by Crippen LogP contribution is -2.30. The molecule has 0 saturated carbocycles. The van der Waals surface area contributed by atoms with E-state index in [0.29, 0.717) is 4.88 Å². The summed E-state index contributed by atoms with van der Waals surface area (Å²) in [5.74, 6) is -3.23. The number of nitrogens with one attached hydrogen (secondary N) is 1. The van der Waals surface area contributed by atoms with E-state index in [1.165, 1.54) is 24.3 Å². The molecule has 1 aromatic heterocycles. The van der Waals surface area contributed by atoms with Gasteiger partial charge in [0, 0.05) is 4.88 Å². The number of aryl methyl sites for hydroxylation is 2. The monoisotopic (exact) mass is 367 g/mol. The van der Waals surface area contributed by atoms with E-state index in [4.69, 9.17) is 4.74 Å². The molecular weight excluding hydrogens is 348 g/mol. The number of benzene rings is 1. The average Bonchev–Trinajstić information content (AvgIpc) is 2.92. The molecule has 0 aliphatic carbocycles. The molecule has 1 heterocycles. The molecule has 2 aromatic rings. The molecule has 0 radical (unpaired) electrons. The highest BCUT2D eigenvalue weighted by molar-refractivity contribution is 7.14. The maximum atomic E-state index is 13.6. The lowest BCUT2D eigenvalue weighted by molar-refractivity contribution is -0.123. The first kappa shape index (κ1) is 19.1. The van der Waals surface area contributed by atoms with E-state index in [1.54, 1.807) is 6.07 Å². The van der Waals surface area contributed by atoms with E-state index >= 15 is 0 Å². The van der Waals surface area contributed by atoms with Crippen molar-refractivity contribution in [3.05, 3.63) is 51.2 Å². The molecule has 0 unspecified atom stereocenters. The van der Waals surface area contributed by atoms with Gasteiger partial charge in [-0.1, -0.05) is 19.4 Å². The number of hydrogen-bond donors (Lipinski definition) is 1. The summed E-state index contributed by atoms with van der Waals surface area (Å²) < 4.78 is 32.2. The lowest BCUT2D eigenvalue weighted by Gasteiger charge is -2.13. The van der Waals surface area contributed by atoms with Crippen LogP contribution in [0.15, 0.2) is 24.3 Å². The number of hydrogen-bond acceptors (Lipinski definition) is 4. The number of anilines is 1. The minimum absolute atomic E-state index is 0.401. The van der Waals surface area contributed by atoms with E-state index < -0.39 is 35.3 Å². The van der Waals surface area contributed by atoms with E-state index in [2.05, 4.69) is 5.32 Å². The molecule has 0 fully saturated rings. The number of rotatable bonds is 6. The smallest absolute Gasteiger partial charge is 0.349 e. The van der Waals surface area contributed by atoms with Crippen molar-refractivity contribution in [1.82, 2.24) is 0 Å². The molecule has 1 amide bonds. The summed E-state index contributed by atoms with van der Waals surface area (Å²) in [6.07, 6.45) is 0.626. The fraction of sp³-hybridized carbons (Fsp3) is 0.333. The predicted octanol–water partition coefficient (Wildman–Crippen LogP) is 4.47. The van der Waals surface area contributed by atoms with Crippen molar-refractivity contribution in [1.29, 1.82) is 0 Å². The molecular formula is C18H19F2NO3S. The highest BCUT2D eigenvalue weighted by atomic mass is 32.1. The number of para-hydroxylation sites is 1. The van der Waals surface area contributed by atoms with Gasteiger partial charge in [0.05, 0.1) is 0 Å². The van der Waals surface area contributed by atoms with Crippen LogP contribution in [0.3, 0.4) is 0 Å². The van der Waals surface area contributed by atoms with Gasteiger partial charge in [0.15, 0.2) is 6.10 Å². The Morgan fingerprint density at radius 3 is 2.52 bits per heavy atom. The first-order valence-electron chi connectivity index (χ1n) is 7.88. The normalized spacial score (nSPS) is 11.9. The van der Waals surface area contributed by atoms with Gasteiger partial charge in [-0.2, -0.15) is 0 Å². The highest BCUT2D eigenvalue weighted by Gasteiger charge is 2.22. The molecule has 2 rings (SSSR count). The van der Waals surface area contributed by atoms with E-state index in [9.17, 15) is 18.4 Å². The molecule has 1 aromatic carbocycles. The van der Waals surface area contributed by atoms with Crippen LogP contribution in [-0.4, -0.2) is 18.0 Å². The summed E-state index contributed by atoms with van der Waals surface area (Å²) in [7, 11) is 0. The predicted molar refractivity (Wildman–Crippen MR) is 92.9 cm³/mol. The largest absolute Gasteiger partial charge is 0.448 e. The van der Waals surface area contributed by atoms with Crippen LogP contribution in [-0.2, 0) is 16.0 Å². The Morgan fingerprint density at radius 1 is 1.28 bits per heavy atom. The van der Waals surface area contributed by atoms with Crippen molar-refractivity contribution in [2.45, 2.75) is 39.7 Å². The molecule has 0 spiro atoms. The Kier molecular flexibility index (Phi) is 6.25. The summed E-state index contributed by atoms with van der Waals surface area (Å²) in [4.78, 5) is 25.6. The molecule has 0 aliphatic heterocycles. The summed E-state index contributed by atoms with van der Waals surface area (Å²) >= 11 is 1.30. The average molecular weight is 367 g/mol. The van der Waals surface area contributed by atoms with E-state index in [1.807, 2.05) is 13.8 Å². The third-order valence-corrected chi connectivity index (χ3v) is 4.68. The first-order valence-corrected chi connectivity index (χ1v) is 8.70. The van der Waals surface area contributed by atoms with Gasteiger partial charge in [0.2, 0.25) is 0 Å². The van der Waals surface area contributed by atoms with Crippen molar-refractivity contribution < 1.29 is 23.1 Å². The van der Waals surface area contributed by atoms with Gasteiger partial charge in [-0.25, -0.2) is 13.6 Å². The maximum Gasteiger partial charge on any atom is 0.349 e. The summed E-state index contributed by atoms with van der Waals surface area (Å²) in [6, 6.07) is 5.00. The van der Waals surface area contributed by atoms with E-state index in [-0.39, 0.29) is 0 Å². The molecule has 25 heavy (non-hydrogen) atoms. The number of thiophene rings is 1. The molecule has 7 heteroatoms. The van der Waals surface area contributed by atoms with Gasteiger partial charge >= 0.3 is 5.97 Å². The van der Waals surface area contributed by atoms with Gasteiger partial charge in [0.1, 0.15) is 22.2 Å². The summed E-state index contributed by atoms with van der Waals surface area (Å²) in [6.45, 7) is 5.31. The third kappa shape index (κ3) is 4.63. The van der Waals surface area contributed by atoms with Gasteiger partial charge in [0.25, 0.3) is 5.91 Å². The van der Waals surface area contributed by atoms with Crippen LogP contribution in [0.1, 0.15) is 40.4 Å². The lowest BCUT2D eigenvalue weighted by atomic mass is 10.1. The quantitative estimate of drug-likeness (QED) is 0.767. The molecule has 0 saturated heterocycles. The number of carbonyl (C=O) groups is 2. The Balaban J connectivity index is 2.03. The first-order chi connectivity index (χ1) is 11.8. The second kappa shape index (κ2) is 8.20. The van der Waals surface area contributed by atoms with Crippen LogP contribution in [0.2, 0.25) is 0 Å². The molecule has 0 aliphatic rings. The van der Waals surface area contributed by atoms with Crippen molar-refractivity contribution >= 4 is 28.9 Å². The van der Waals surface area contributed by atoms with Crippen molar-refractivity contribution in [3.63, 3.8) is 0 Å². The van der Waals surface area contributed by atoms with Crippen LogP contribution in [0.4, 0.5) is 14.5 Å². The zero-order valence-electron chi connectivity index (χ0n) is 14.2. The van der Waals surface area contributed by atoms with E-state index in [0.717, 1.165) is 35.4 Å². The van der Waals surface area contributed by atoms with Gasteiger partial charge < -0.3 is 10.1 Å². The van der Waals surface area contributed by atoms with Crippen LogP contribution < -0.4 is 5.32 Å². The van der Waals surface area contributed by atoms with Crippen LogP contribution in [0, 0.1) is 18.6 Å². The molecule has 1 N–H and O–H groups in total. The van der Waals surface area contributed by atoms with Crippen molar-refractivity contribution in [2.24, 2.45) is 0 Å². The zero-order valence-corrected chi connectivity index (χ0v) is 15.0. The fourth-order valence-corrected chi connectivity index (χ4v) is 3.21. The number of halogens is 2. The fourth-order valence-electron chi connectivity index (χ4n) is 2.25. The summed E-state index contributed by atoms with van der Waals surface area (Å²) in [5, 5.41) is 2.11. The van der Waals surface area contributed by atoms with Crippen molar-refractivity contribution in [3.8, 4) is 0 Å². The Labute approximate surface area is 148 Å². The Morgan fingerprint density at radius 2 is 1.92 bits per heavy atom. The Bertz CT molecular complexity index is 768. The summed E-state index contributed by atoms with van der Waals surface area (Å²) in [5.41, 5.74) is 0.512. The number of ether oxygens (including phenoxy) is 1. The molecule has 1 atom stereocenters. The topological polar surface area (TPSA) is 55.4 Å². The van der Waals surface area contributed by atoms with Crippen molar-refractivity contribution in [2.75, 3.05) is 5.32 Å². The second-order valence-electron chi connectivity index (χ2n) is 5.58. The van der Waals surface area contributed by atoms with Gasteiger partial charge in [-0.15, -0.1) is 11.3 Å². The molecule has 4 nitrogen and oxygen atoms in total. The number of carbonyl (C=O) groups excluding carboxylic acids is 2. The minimum Gasteiger partial charge on any atom is -0.448 e. The molecule has 0 bridgehead atoms. The SMILES string of the molecule is CCCc1cc(C(=O)O[C@H](C)C(=O)Nc2c(F)cccc2F)sc1C. The number of esters is 1. The van der Waals surface area contributed by atoms with Gasteiger partial charge in [-0.05, 0) is 44.0 Å². The molecule has 134 valence electrons. The second-order valence-corrected chi connectivity index (χ2v) is 6.83. The minimum atomic E-state index is -1.19. The number of amides is 1.